The summed E-state index contributed by atoms with van der Waals surface area (Å²) in [7, 11) is 0.775. The van der Waals surface area contributed by atoms with E-state index in [0.29, 0.717) is 0 Å². The van der Waals surface area contributed by atoms with Gasteiger partial charge in [0.1, 0.15) is 5.75 Å². The van der Waals surface area contributed by atoms with Crippen molar-refractivity contribution in [2.24, 2.45) is 0 Å². The molecule has 0 aromatic heterocycles. The highest BCUT2D eigenvalue weighted by molar-refractivity contribution is 6.00. The predicted molar refractivity (Wildman–Crippen MR) is 41.7 cm³/mol. The maximum absolute atomic E-state index is 5.18. The molecule has 0 atom stereocenters. The van der Waals surface area contributed by atoms with Crippen molar-refractivity contribution in [1.29, 1.82) is 0 Å². The molecule has 2 heteroatoms. The standard InChI is InChI=1S/C7H10OSi/c1-6-4-2-3-5-7(6)8-9/h2-5H,1,9H3. The number of aryl methyl sites for hydroxylation is 1. The van der Waals surface area contributed by atoms with E-state index in [4.69, 9.17) is 4.43 Å². The average molecular weight is 138 g/mol. The predicted octanol–water partition coefficient (Wildman–Crippen LogP) is 0.654. The van der Waals surface area contributed by atoms with Crippen LogP contribution in [0.3, 0.4) is 0 Å². The number of hydrogen-bond donors (Lipinski definition) is 0. The van der Waals surface area contributed by atoms with Crippen LogP contribution in [0, 0.1) is 6.92 Å². The van der Waals surface area contributed by atoms with E-state index < -0.39 is 0 Å². The maximum Gasteiger partial charge on any atom is 0.204 e. The molecule has 0 amide bonds. The number of para-hydroxylation sites is 1. The molecule has 0 spiro atoms. The lowest BCUT2D eigenvalue weighted by Gasteiger charge is -2.01. The van der Waals surface area contributed by atoms with E-state index in [2.05, 4.69) is 0 Å². The van der Waals surface area contributed by atoms with Crippen LogP contribution in [0.4, 0.5) is 0 Å². The molecule has 0 saturated carbocycles. The molecule has 0 aliphatic carbocycles. The summed E-state index contributed by atoms with van der Waals surface area (Å²) in [5.74, 6) is 1.02. The van der Waals surface area contributed by atoms with Crippen LogP contribution in [0.2, 0.25) is 0 Å². The molecule has 1 aromatic carbocycles. The topological polar surface area (TPSA) is 9.23 Å². The van der Waals surface area contributed by atoms with Crippen LogP contribution < -0.4 is 4.43 Å². The molecule has 1 aromatic rings. The van der Waals surface area contributed by atoms with Gasteiger partial charge in [0.25, 0.3) is 0 Å². The molecule has 9 heavy (non-hydrogen) atoms. The molecule has 0 heterocycles. The summed E-state index contributed by atoms with van der Waals surface area (Å²) < 4.78 is 5.18. The van der Waals surface area contributed by atoms with E-state index in [1.807, 2.05) is 31.2 Å². The largest absolute Gasteiger partial charge is 0.553 e. The van der Waals surface area contributed by atoms with Gasteiger partial charge in [0.2, 0.25) is 10.5 Å². The molecule has 0 unspecified atom stereocenters. The van der Waals surface area contributed by atoms with Gasteiger partial charge in [-0.05, 0) is 18.6 Å². The normalized spacial score (nSPS) is 9.44. The fraction of sp³-hybridized carbons (Fsp3) is 0.143. The van der Waals surface area contributed by atoms with Gasteiger partial charge in [-0.2, -0.15) is 0 Å². The Hall–Kier alpha value is -0.763. The lowest BCUT2D eigenvalue weighted by molar-refractivity contribution is 0.610. The SMILES string of the molecule is Cc1ccccc1O[SiH3]. The molecule has 0 radical (unpaired) electrons. The maximum atomic E-state index is 5.18. The Labute approximate surface area is 58.2 Å². The van der Waals surface area contributed by atoms with E-state index in [0.717, 1.165) is 16.2 Å². The van der Waals surface area contributed by atoms with Crippen LogP contribution >= 0.6 is 0 Å². The summed E-state index contributed by atoms with van der Waals surface area (Å²) in [6.07, 6.45) is 0. The molecule has 48 valence electrons. The highest BCUT2D eigenvalue weighted by Gasteiger charge is 1.90. The summed E-state index contributed by atoms with van der Waals surface area (Å²) in [5, 5.41) is 0. The van der Waals surface area contributed by atoms with Crippen molar-refractivity contribution < 1.29 is 4.43 Å². The zero-order chi connectivity index (χ0) is 6.69. The van der Waals surface area contributed by atoms with Crippen molar-refractivity contribution in [3.63, 3.8) is 0 Å². The quantitative estimate of drug-likeness (QED) is 0.518. The van der Waals surface area contributed by atoms with E-state index >= 15 is 0 Å². The van der Waals surface area contributed by atoms with Crippen molar-refractivity contribution in [2.75, 3.05) is 0 Å². The van der Waals surface area contributed by atoms with Gasteiger partial charge in [-0.15, -0.1) is 0 Å². The third-order valence-electron chi connectivity index (χ3n) is 1.31. The second kappa shape index (κ2) is 2.69. The van der Waals surface area contributed by atoms with Crippen molar-refractivity contribution in [2.45, 2.75) is 6.92 Å². The Morgan fingerprint density at radius 2 is 2.00 bits per heavy atom. The zero-order valence-corrected chi connectivity index (χ0v) is 7.72. The van der Waals surface area contributed by atoms with Gasteiger partial charge in [0.05, 0.1) is 0 Å². The van der Waals surface area contributed by atoms with Crippen molar-refractivity contribution >= 4 is 10.5 Å². The van der Waals surface area contributed by atoms with Crippen LogP contribution in [0.25, 0.3) is 0 Å². The van der Waals surface area contributed by atoms with Gasteiger partial charge >= 0.3 is 0 Å². The third-order valence-corrected chi connectivity index (χ3v) is 1.75. The van der Waals surface area contributed by atoms with Gasteiger partial charge in [-0.25, -0.2) is 0 Å². The third kappa shape index (κ3) is 1.33. The summed E-state index contributed by atoms with van der Waals surface area (Å²) >= 11 is 0. The second-order valence-electron chi connectivity index (χ2n) is 1.97. The Morgan fingerprint density at radius 1 is 1.33 bits per heavy atom. The Kier molecular flexibility index (Phi) is 1.90. The van der Waals surface area contributed by atoms with Crippen molar-refractivity contribution in [3.05, 3.63) is 29.8 Å². The monoisotopic (exact) mass is 138 g/mol. The summed E-state index contributed by atoms with van der Waals surface area (Å²) in [6, 6.07) is 8.04. The Bertz CT molecular complexity index is 198. The summed E-state index contributed by atoms with van der Waals surface area (Å²) in [6.45, 7) is 2.05. The van der Waals surface area contributed by atoms with E-state index in [1.165, 1.54) is 5.56 Å². The molecule has 0 aliphatic heterocycles. The molecule has 0 aliphatic rings. The first-order valence-corrected chi connectivity index (χ1v) is 3.76. The van der Waals surface area contributed by atoms with Gasteiger partial charge in [-0.3, -0.25) is 0 Å². The smallest absolute Gasteiger partial charge is 0.204 e. The number of hydrogen-bond acceptors (Lipinski definition) is 1. The first-order chi connectivity index (χ1) is 4.34. The fourth-order valence-corrected chi connectivity index (χ4v) is 1.24. The summed E-state index contributed by atoms with van der Waals surface area (Å²) in [4.78, 5) is 0. The van der Waals surface area contributed by atoms with Gasteiger partial charge in [0, 0.05) is 0 Å². The van der Waals surface area contributed by atoms with E-state index in [1.54, 1.807) is 0 Å². The highest BCUT2D eigenvalue weighted by atomic mass is 28.2. The second-order valence-corrected chi connectivity index (χ2v) is 2.38. The lowest BCUT2D eigenvalue weighted by Crippen LogP contribution is -1.86. The Balaban J connectivity index is 3.01. The van der Waals surface area contributed by atoms with Crippen LogP contribution in [-0.2, 0) is 0 Å². The molecular weight excluding hydrogens is 128 g/mol. The molecule has 1 nitrogen and oxygen atoms in total. The minimum absolute atomic E-state index is 0.775. The number of rotatable bonds is 1. The fourth-order valence-electron chi connectivity index (χ4n) is 0.785. The van der Waals surface area contributed by atoms with E-state index in [9.17, 15) is 0 Å². The minimum Gasteiger partial charge on any atom is -0.553 e. The lowest BCUT2D eigenvalue weighted by atomic mass is 10.2. The molecule has 1 rings (SSSR count). The molecule has 0 fully saturated rings. The highest BCUT2D eigenvalue weighted by Crippen LogP contribution is 2.14. The first-order valence-electron chi connectivity index (χ1n) is 2.94. The molecule has 0 N–H and O–H groups in total. The van der Waals surface area contributed by atoms with Crippen LogP contribution in [0.5, 0.6) is 5.75 Å². The van der Waals surface area contributed by atoms with E-state index in [-0.39, 0.29) is 0 Å². The minimum atomic E-state index is 0.775. The molecule has 0 saturated heterocycles. The Morgan fingerprint density at radius 3 is 2.44 bits per heavy atom. The van der Waals surface area contributed by atoms with Crippen molar-refractivity contribution in [1.82, 2.24) is 0 Å². The van der Waals surface area contributed by atoms with Crippen LogP contribution in [-0.4, -0.2) is 10.5 Å². The van der Waals surface area contributed by atoms with Gasteiger partial charge in [0.15, 0.2) is 0 Å². The van der Waals surface area contributed by atoms with Gasteiger partial charge in [-0.1, -0.05) is 18.2 Å². The average Bonchev–Trinajstić information content (AvgIpc) is 1.89. The molecular formula is C7H10OSi. The zero-order valence-electron chi connectivity index (χ0n) is 5.72. The summed E-state index contributed by atoms with van der Waals surface area (Å²) in [5.41, 5.74) is 1.22. The number of benzene rings is 1. The van der Waals surface area contributed by atoms with Gasteiger partial charge < -0.3 is 4.43 Å². The van der Waals surface area contributed by atoms with Crippen molar-refractivity contribution in [3.8, 4) is 5.75 Å². The van der Waals surface area contributed by atoms with Crippen LogP contribution in [0.1, 0.15) is 5.56 Å². The van der Waals surface area contributed by atoms with Crippen LogP contribution in [0.15, 0.2) is 24.3 Å². The molecule has 0 bridgehead atoms. The first kappa shape index (κ1) is 6.36.